The van der Waals surface area contributed by atoms with Gasteiger partial charge in [0.05, 0.1) is 0 Å². The zero-order valence-corrected chi connectivity index (χ0v) is 42.1. The molecule has 5 heteroatoms. The van der Waals surface area contributed by atoms with Crippen LogP contribution in [0.1, 0.15) is 62.6 Å². The van der Waals surface area contributed by atoms with Crippen LogP contribution in [0.4, 0.5) is 0 Å². The van der Waals surface area contributed by atoms with Crippen LogP contribution in [0.15, 0.2) is 267 Å². The van der Waals surface area contributed by atoms with Crippen molar-refractivity contribution in [2.24, 2.45) is 0 Å². The van der Waals surface area contributed by atoms with Crippen LogP contribution in [0.5, 0.6) is 0 Å². The second kappa shape index (κ2) is 18.4. The molecule has 10 aromatic carbocycles. The second-order valence-electron chi connectivity index (χ2n) is 19.2. The maximum absolute atomic E-state index is 17.5. The van der Waals surface area contributed by atoms with Gasteiger partial charge in [-0.25, -0.2) is 0 Å². The zero-order chi connectivity index (χ0) is 49.5. The molecular weight excluding hydrogens is 929 g/mol. The fourth-order valence-corrected chi connectivity index (χ4v) is 20.3. The first-order valence-electron chi connectivity index (χ1n) is 25.1. The van der Waals surface area contributed by atoms with Crippen LogP contribution in [-0.2, 0) is 55.5 Å². The Morgan fingerprint density at radius 2 is 0.603 bits per heavy atom. The molecule has 0 amide bonds. The van der Waals surface area contributed by atoms with Gasteiger partial charge in [-0.2, -0.15) is 0 Å². The molecular formula is C68H52O4Ti. The first kappa shape index (κ1) is 45.8. The molecule has 4 nitrogen and oxygen atoms in total. The number of carbonyl (C=O) groups is 2. The van der Waals surface area contributed by atoms with Crippen molar-refractivity contribution in [1.29, 1.82) is 0 Å². The van der Waals surface area contributed by atoms with Gasteiger partial charge in [0.1, 0.15) is 0 Å². The molecule has 73 heavy (non-hydrogen) atoms. The topological polar surface area (TPSA) is 52.6 Å². The third kappa shape index (κ3) is 7.04. The normalized spacial score (nSPS) is 12.7. The van der Waals surface area contributed by atoms with E-state index in [-0.39, 0.29) is 0 Å². The van der Waals surface area contributed by atoms with E-state index in [4.69, 9.17) is 6.64 Å². The van der Waals surface area contributed by atoms with Crippen LogP contribution in [0.3, 0.4) is 0 Å². The van der Waals surface area contributed by atoms with Crippen molar-refractivity contribution >= 4 is 24.0 Å². The summed E-state index contributed by atoms with van der Waals surface area (Å²) in [5.74, 6) is -1.10. The summed E-state index contributed by atoms with van der Waals surface area (Å²) in [7, 11) is 0. The predicted molar refractivity (Wildman–Crippen MR) is 291 cm³/mol. The maximum atomic E-state index is 17.5. The number of hydrogen-bond donors (Lipinski definition) is 0. The zero-order valence-electron chi connectivity index (χ0n) is 40.5. The van der Waals surface area contributed by atoms with E-state index in [0.717, 1.165) is 85.6 Å². The summed E-state index contributed by atoms with van der Waals surface area (Å²) in [6.45, 7) is 1.96. The fourth-order valence-electron chi connectivity index (χ4n) is 12.4. The van der Waals surface area contributed by atoms with Crippen molar-refractivity contribution in [3.05, 3.63) is 323 Å². The molecule has 0 spiro atoms. The number of benzene rings is 10. The van der Waals surface area contributed by atoms with Gasteiger partial charge in [-0.05, 0) is 0 Å². The van der Waals surface area contributed by atoms with Crippen LogP contribution < -0.4 is 7.74 Å². The van der Waals surface area contributed by atoms with E-state index < -0.39 is 38.4 Å². The summed E-state index contributed by atoms with van der Waals surface area (Å²) in [5, 5.41) is 0. The Labute approximate surface area is 428 Å². The molecule has 0 heterocycles. The summed E-state index contributed by atoms with van der Waals surface area (Å²) >= 11 is -6.72. The molecule has 0 radical (unpaired) electrons. The van der Waals surface area contributed by atoms with Gasteiger partial charge < -0.3 is 0 Å². The van der Waals surface area contributed by atoms with Crippen LogP contribution in [0.2, 0.25) is 0 Å². The fraction of sp³-hybridized carbons (Fsp3) is 0.0735. The molecule has 12 rings (SSSR count). The van der Waals surface area contributed by atoms with E-state index in [1.807, 2.05) is 193 Å². The summed E-state index contributed by atoms with van der Waals surface area (Å²) in [5.41, 5.74) is 9.70. The SMILES string of the molecule is C[CH]=[Ti]([O]C(=O)C(c1ccccc1)(c1ccccc1)c1ccccc1)([O]C(=O)C(c1ccccc1)(c1ccccc1)c1ccccc1)([c]1cccc2c1Cc1ccccc1-2)[c]1cccc2c1Cc1ccccc1-2. The minimum absolute atomic E-state index is 0.543. The minimum atomic E-state index is -6.72. The van der Waals surface area contributed by atoms with E-state index in [1.165, 1.54) is 0 Å². The Morgan fingerprint density at radius 3 is 0.890 bits per heavy atom. The standard InChI is InChI=1S/2C20H16O2.2C13H9.C2H4.Ti/c2*21-19(22)20(16-10-4-1-5-11-16,17-12-6-2-7-13-17)18-14-8-3-9-15-18;2*1-3-7-12-10(5-1)9-11-6-2-4-8-13(11)12;1-2;/h2*1-15H,(H,21,22);2*1-5,7-8H,9H2;1H,2H3;/q;;;;;+2/p-2. The van der Waals surface area contributed by atoms with Crippen molar-refractivity contribution in [3.8, 4) is 22.3 Å². The van der Waals surface area contributed by atoms with Gasteiger partial charge in [-0.3, -0.25) is 0 Å². The first-order valence-corrected chi connectivity index (χ1v) is 28.8. The molecule has 0 fully saturated rings. The quantitative estimate of drug-likeness (QED) is 0.0904. The van der Waals surface area contributed by atoms with Crippen molar-refractivity contribution in [2.45, 2.75) is 30.6 Å². The monoisotopic (exact) mass is 980 g/mol. The van der Waals surface area contributed by atoms with Gasteiger partial charge in [0.15, 0.2) is 0 Å². The van der Waals surface area contributed by atoms with Gasteiger partial charge in [-0.1, -0.05) is 0 Å². The molecule has 2 aliphatic carbocycles. The average molecular weight is 981 g/mol. The Balaban J connectivity index is 1.25. The van der Waals surface area contributed by atoms with Crippen molar-refractivity contribution in [1.82, 2.24) is 0 Å². The summed E-state index contributed by atoms with van der Waals surface area (Å²) in [6.07, 6.45) is 1.09. The molecule has 0 N–H and O–H groups in total. The number of rotatable bonds is 12. The van der Waals surface area contributed by atoms with Gasteiger partial charge in [-0.15, -0.1) is 0 Å². The van der Waals surface area contributed by atoms with Crippen LogP contribution in [0.25, 0.3) is 22.3 Å². The second-order valence-corrected chi connectivity index (χ2v) is 26.0. The molecule has 0 bridgehead atoms. The Hall–Kier alpha value is -8.28. The molecule has 2 aliphatic rings. The Kier molecular flexibility index (Phi) is 11.6. The third-order valence-corrected chi connectivity index (χ3v) is 23.8. The Bertz CT molecular complexity index is 3320. The van der Waals surface area contributed by atoms with Crippen molar-refractivity contribution in [2.75, 3.05) is 0 Å². The van der Waals surface area contributed by atoms with E-state index in [0.29, 0.717) is 12.8 Å². The van der Waals surface area contributed by atoms with Crippen LogP contribution in [0, 0.1) is 0 Å². The Morgan fingerprint density at radius 1 is 0.342 bits per heavy atom. The predicted octanol–water partition coefficient (Wildman–Crippen LogP) is 13.3. The molecule has 0 saturated carbocycles. The molecule has 0 atom stereocenters. The van der Waals surface area contributed by atoms with E-state index in [1.54, 1.807) is 0 Å². The van der Waals surface area contributed by atoms with Crippen LogP contribution in [-0.4, -0.2) is 16.3 Å². The van der Waals surface area contributed by atoms with Gasteiger partial charge in [0.2, 0.25) is 0 Å². The van der Waals surface area contributed by atoms with E-state index in [9.17, 15) is 0 Å². The number of fused-ring (bicyclic) bond motifs is 6. The molecule has 0 aliphatic heterocycles. The average Bonchev–Trinajstić information content (AvgIpc) is 4.04. The molecule has 0 unspecified atom stereocenters. The van der Waals surface area contributed by atoms with E-state index in [2.05, 4.69) is 84.9 Å². The third-order valence-electron chi connectivity index (χ3n) is 15.7. The molecule has 0 saturated heterocycles. The number of carbonyl (C=O) groups excluding carboxylic acids is 2. The van der Waals surface area contributed by atoms with Crippen LogP contribution >= 0.6 is 0 Å². The van der Waals surface area contributed by atoms with Gasteiger partial charge in [0, 0.05) is 0 Å². The van der Waals surface area contributed by atoms with E-state index >= 15 is 9.59 Å². The summed E-state index contributed by atoms with van der Waals surface area (Å²) < 4.78 is 20.0. The molecule has 10 aromatic rings. The first-order chi connectivity index (χ1) is 35.9. The molecule has 0 aromatic heterocycles. The van der Waals surface area contributed by atoms with Gasteiger partial charge in [0.25, 0.3) is 0 Å². The summed E-state index contributed by atoms with van der Waals surface area (Å²) in [6, 6.07) is 89.0. The summed E-state index contributed by atoms with van der Waals surface area (Å²) in [4.78, 5) is 35.0. The van der Waals surface area contributed by atoms with Crippen molar-refractivity contribution < 1.29 is 31.8 Å². The molecule has 352 valence electrons. The van der Waals surface area contributed by atoms with Gasteiger partial charge >= 0.3 is 431 Å². The number of hydrogen-bond acceptors (Lipinski definition) is 4. The van der Waals surface area contributed by atoms with Crippen molar-refractivity contribution in [3.63, 3.8) is 0 Å².